The van der Waals surface area contributed by atoms with Crippen LogP contribution in [0.4, 0.5) is 5.69 Å². The summed E-state index contributed by atoms with van der Waals surface area (Å²) in [7, 11) is 0. The second-order valence-corrected chi connectivity index (χ2v) is 4.77. The molecule has 0 saturated heterocycles. The molecule has 1 rings (SSSR count). The Bertz CT molecular complexity index is 432. The fourth-order valence-electron chi connectivity index (χ4n) is 1.88. The van der Waals surface area contributed by atoms with E-state index in [2.05, 4.69) is 4.99 Å². The molecule has 0 amide bonds. The van der Waals surface area contributed by atoms with Crippen molar-refractivity contribution in [3.63, 3.8) is 0 Å². The highest BCUT2D eigenvalue weighted by Crippen LogP contribution is 2.37. The van der Waals surface area contributed by atoms with E-state index >= 15 is 0 Å². The molecule has 0 aliphatic heterocycles. The lowest BCUT2D eigenvalue weighted by Crippen LogP contribution is -1.84. The molecule has 20 heavy (non-hydrogen) atoms. The summed E-state index contributed by atoms with van der Waals surface area (Å²) >= 11 is 0. The van der Waals surface area contributed by atoms with E-state index < -0.39 is 0 Å². The van der Waals surface area contributed by atoms with E-state index in [1.807, 2.05) is 0 Å². The third-order valence-corrected chi connectivity index (χ3v) is 3.04. The van der Waals surface area contributed by atoms with Crippen molar-refractivity contribution in [3.8, 4) is 17.2 Å². The van der Waals surface area contributed by atoms with Crippen LogP contribution in [-0.4, -0.2) is 33.2 Å². The normalized spacial score (nSPS) is 11.2. The highest BCUT2D eigenvalue weighted by Gasteiger charge is 2.05. The van der Waals surface area contributed by atoms with Crippen LogP contribution in [0, 0.1) is 0 Å². The molecular formula is C15H23NO4. The van der Waals surface area contributed by atoms with Crippen LogP contribution in [0.15, 0.2) is 17.1 Å². The Labute approximate surface area is 119 Å². The lowest BCUT2D eigenvalue weighted by atomic mass is 10.1. The quantitative estimate of drug-likeness (QED) is 0.242. The van der Waals surface area contributed by atoms with Gasteiger partial charge in [0.15, 0.2) is 11.5 Å². The zero-order valence-electron chi connectivity index (χ0n) is 11.6. The van der Waals surface area contributed by atoms with E-state index in [0.717, 1.165) is 51.0 Å². The molecule has 5 nitrogen and oxygen atoms in total. The summed E-state index contributed by atoms with van der Waals surface area (Å²) in [6, 6.07) is 2.30. The van der Waals surface area contributed by atoms with E-state index in [1.165, 1.54) is 6.07 Å². The molecule has 0 aliphatic carbocycles. The Hall–Kier alpha value is -1.75. The van der Waals surface area contributed by atoms with Gasteiger partial charge in [-0.15, -0.1) is 0 Å². The highest BCUT2D eigenvalue weighted by molar-refractivity contribution is 5.68. The van der Waals surface area contributed by atoms with Gasteiger partial charge in [0.25, 0.3) is 0 Å². The molecule has 0 aromatic heterocycles. The second-order valence-electron chi connectivity index (χ2n) is 4.77. The van der Waals surface area contributed by atoms with E-state index in [0.29, 0.717) is 0 Å². The predicted molar refractivity (Wildman–Crippen MR) is 79.0 cm³/mol. The number of aliphatic hydroxyl groups is 1. The number of hydrogen-bond donors (Lipinski definition) is 4. The monoisotopic (exact) mass is 281 g/mol. The average Bonchev–Trinajstić information content (AvgIpc) is 2.42. The lowest BCUT2D eigenvalue weighted by molar-refractivity contribution is 0.282. The number of benzene rings is 1. The maximum Gasteiger partial charge on any atom is 0.161 e. The van der Waals surface area contributed by atoms with Crippen molar-refractivity contribution in [1.82, 2.24) is 0 Å². The molecule has 0 atom stereocenters. The summed E-state index contributed by atoms with van der Waals surface area (Å²) < 4.78 is 0. The molecule has 0 spiro atoms. The number of phenolic OH excluding ortho intramolecular Hbond substituents is 3. The van der Waals surface area contributed by atoms with Crippen molar-refractivity contribution in [2.45, 2.75) is 44.9 Å². The van der Waals surface area contributed by atoms with Gasteiger partial charge in [0.05, 0.1) is 0 Å². The van der Waals surface area contributed by atoms with Crippen LogP contribution < -0.4 is 0 Å². The first-order valence-corrected chi connectivity index (χ1v) is 7.03. The highest BCUT2D eigenvalue weighted by atomic mass is 16.3. The summed E-state index contributed by atoms with van der Waals surface area (Å²) in [5.74, 6) is -0.802. The van der Waals surface area contributed by atoms with E-state index in [4.69, 9.17) is 5.11 Å². The molecular weight excluding hydrogens is 258 g/mol. The Balaban J connectivity index is 2.23. The lowest BCUT2D eigenvalue weighted by Gasteiger charge is -2.02. The van der Waals surface area contributed by atoms with Crippen LogP contribution in [0.1, 0.15) is 44.9 Å². The van der Waals surface area contributed by atoms with Crippen LogP contribution in [0.25, 0.3) is 0 Å². The summed E-state index contributed by atoms with van der Waals surface area (Å²) in [6.45, 7) is 0.273. The van der Waals surface area contributed by atoms with Crippen molar-refractivity contribution in [3.05, 3.63) is 12.1 Å². The molecule has 5 heteroatoms. The maximum absolute atomic E-state index is 9.53. The molecule has 0 heterocycles. The first kappa shape index (κ1) is 16.3. The third-order valence-electron chi connectivity index (χ3n) is 3.04. The minimum Gasteiger partial charge on any atom is -0.506 e. The largest absolute Gasteiger partial charge is 0.506 e. The summed E-state index contributed by atoms with van der Waals surface area (Å²) in [5.41, 5.74) is 0.253. The summed E-state index contributed by atoms with van der Waals surface area (Å²) in [5, 5.41) is 36.7. The number of aliphatic hydroxyl groups excluding tert-OH is 1. The number of aromatic hydroxyl groups is 3. The Morgan fingerprint density at radius 3 is 2.10 bits per heavy atom. The average molecular weight is 281 g/mol. The standard InChI is InChI=1S/C15H23NO4/c17-9-7-5-3-1-2-4-6-8-16-12-10-14(19)15(20)11-13(12)18/h8,10-11,17-20H,1-7,9H2. The topological polar surface area (TPSA) is 93.3 Å². The number of phenols is 3. The van der Waals surface area contributed by atoms with Crippen molar-refractivity contribution in [1.29, 1.82) is 0 Å². The zero-order chi connectivity index (χ0) is 14.8. The molecule has 0 unspecified atom stereocenters. The van der Waals surface area contributed by atoms with Gasteiger partial charge in [-0.2, -0.15) is 0 Å². The first-order valence-electron chi connectivity index (χ1n) is 7.03. The molecule has 1 aromatic rings. The predicted octanol–water partition coefficient (Wildman–Crippen LogP) is 3.23. The van der Waals surface area contributed by atoms with Gasteiger partial charge in [0.1, 0.15) is 11.4 Å². The molecule has 0 saturated carbocycles. The zero-order valence-corrected chi connectivity index (χ0v) is 11.6. The number of rotatable bonds is 9. The van der Waals surface area contributed by atoms with E-state index in [9.17, 15) is 15.3 Å². The fourth-order valence-corrected chi connectivity index (χ4v) is 1.88. The molecule has 4 N–H and O–H groups in total. The van der Waals surface area contributed by atoms with Crippen LogP contribution >= 0.6 is 0 Å². The number of aliphatic imine (C=N–C) groups is 1. The molecule has 0 bridgehead atoms. The second kappa shape index (κ2) is 9.20. The van der Waals surface area contributed by atoms with Gasteiger partial charge >= 0.3 is 0 Å². The minimum absolute atomic E-state index is 0.152. The van der Waals surface area contributed by atoms with E-state index in [1.54, 1.807) is 6.21 Å². The van der Waals surface area contributed by atoms with Crippen molar-refractivity contribution in [2.75, 3.05) is 6.61 Å². The summed E-state index contributed by atoms with van der Waals surface area (Å²) in [4.78, 5) is 4.08. The van der Waals surface area contributed by atoms with Crippen LogP contribution in [0.3, 0.4) is 0 Å². The molecule has 112 valence electrons. The van der Waals surface area contributed by atoms with Crippen LogP contribution in [0.2, 0.25) is 0 Å². The SMILES string of the molecule is OCCCCCCCCC=Nc1cc(O)c(O)cc1O. The number of unbranched alkanes of at least 4 members (excludes halogenated alkanes) is 6. The third kappa shape index (κ3) is 5.93. The molecule has 0 radical (unpaired) electrons. The molecule has 0 fully saturated rings. The maximum atomic E-state index is 9.53. The van der Waals surface area contributed by atoms with Gasteiger partial charge < -0.3 is 20.4 Å². The Morgan fingerprint density at radius 1 is 0.800 bits per heavy atom. The number of hydrogen-bond acceptors (Lipinski definition) is 5. The minimum atomic E-state index is -0.357. The Kier molecular flexibility index (Phi) is 7.50. The van der Waals surface area contributed by atoms with Gasteiger partial charge in [-0.05, 0) is 19.3 Å². The molecule has 1 aromatic carbocycles. The van der Waals surface area contributed by atoms with Gasteiger partial charge in [-0.3, -0.25) is 4.99 Å². The smallest absolute Gasteiger partial charge is 0.161 e. The Morgan fingerprint density at radius 2 is 1.40 bits per heavy atom. The van der Waals surface area contributed by atoms with Gasteiger partial charge in [0.2, 0.25) is 0 Å². The van der Waals surface area contributed by atoms with Crippen molar-refractivity contribution in [2.24, 2.45) is 4.99 Å². The van der Waals surface area contributed by atoms with Crippen LogP contribution in [0.5, 0.6) is 17.2 Å². The van der Waals surface area contributed by atoms with Gasteiger partial charge in [-0.1, -0.05) is 25.7 Å². The van der Waals surface area contributed by atoms with Crippen molar-refractivity contribution < 1.29 is 20.4 Å². The first-order chi connectivity index (χ1) is 9.65. The van der Waals surface area contributed by atoms with Crippen LogP contribution in [-0.2, 0) is 0 Å². The molecule has 0 aliphatic rings. The van der Waals surface area contributed by atoms with Gasteiger partial charge in [0, 0.05) is 25.0 Å². The summed E-state index contributed by atoms with van der Waals surface area (Å²) in [6.07, 6.45) is 8.90. The van der Waals surface area contributed by atoms with Gasteiger partial charge in [-0.25, -0.2) is 0 Å². The van der Waals surface area contributed by atoms with Crippen molar-refractivity contribution >= 4 is 11.9 Å². The van der Waals surface area contributed by atoms with E-state index in [-0.39, 0.29) is 29.5 Å². The fraction of sp³-hybridized carbons (Fsp3) is 0.533. The number of nitrogens with zero attached hydrogens (tertiary/aromatic N) is 1.